The first-order valence-electron chi connectivity index (χ1n) is 4.40. The zero-order chi connectivity index (χ0) is 8.23. The van der Waals surface area contributed by atoms with Gasteiger partial charge in [0.05, 0.1) is 0 Å². The van der Waals surface area contributed by atoms with E-state index in [1.165, 1.54) is 24.3 Å². The second-order valence-corrected chi connectivity index (χ2v) is 4.06. The quantitative estimate of drug-likeness (QED) is 0.735. The van der Waals surface area contributed by atoms with Crippen LogP contribution in [0.2, 0.25) is 0 Å². The van der Waals surface area contributed by atoms with Crippen LogP contribution >= 0.6 is 11.3 Å². The summed E-state index contributed by atoms with van der Waals surface area (Å²) in [5.74, 6) is 0. The molecule has 1 unspecified atom stereocenters. The molecule has 0 aliphatic carbocycles. The minimum atomic E-state index is 0.618. The van der Waals surface area contributed by atoms with Gasteiger partial charge in [-0.05, 0) is 36.9 Å². The van der Waals surface area contributed by atoms with Gasteiger partial charge in [0.2, 0.25) is 0 Å². The maximum atomic E-state index is 3.44. The largest absolute Gasteiger partial charge is 0.311 e. The molecule has 1 atom stereocenters. The Hall–Kier alpha value is -0.600. The Bertz CT molecular complexity index is 245. The van der Waals surface area contributed by atoms with E-state index in [9.17, 15) is 0 Å². The van der Waals surface area contributed by atoms with Crippen molar-refractivity contribution in [2.45, 2.75) is 18.9 Å². The highest BCUT2D eigenvalue weighted by atomic mass is 32.1. The van der Waals surface area contributed by atoms with Crippen molar-refractivity contribution in [1.82, 2.24) is 5.32 Å². The monoisotopic (exact) mass is 179 g/mol. The molecule has 1 aliphatic heterocycles. The molecule has 1 nitrogen and oxygen atoms in total. The number of hydrogen-bond acceptors (Lipinski definition) is 2. The molecule has 2 rings (SSSR count). The Labute approximate surface area is 77.1 Å². The van der Waals surface area contributed by atoms with Gasteiger partial charge in [-0.3, -0.25) is 0 Å². The van der Waals surface area contributed by atoms with Crippen LogP contribution in [0.4, 0.5) is 0 Å². The lowest BCUT2D eigenvalue weighted by Gasteiger charge is -2.00. The van der Waals surface area contributed by atoms with E-state index < -0.39 is 0 Å². The van der Waals surface area contributed by atoms with Crippen LogP contribution in [0.5, 0.6) is 0 Å². The van der Waals surface area contributed by atoms with Gasteiger partial charge in [-0.1, -0.05) is 12.1 Å². The predicted molar refractivity (Wildman–Crippen MR) is 54.4 cm³/mol. The van der Waals surface area contributed by atoms with Crippen molar-refractivity contribution in [2.24, 2.45) is 0 Å². The first-order valence-corrected chi connectivity index (χ1v) is 5.28. The Morgan fingerprint density at radius 1 is 1.58 bits per heavy atom. The summed E-state index contributed by atoms with van der Waals surface area (Å²) in [4.78, 5) is 1.35. The molecular weight excluding hydrogens is 166 g/mol. The molecule has 2 heteroatoms. The summed E-state index contributed by atoms with van der Waals surface area (Å²) in [5, 5.41) is 5.55. The van der Waals surface area contributed by atoms with Crippen molar-refractivity contribution in [3.63, 3.8) is 0 Å². The van der Waals surface area contributed by atoms with Gasteiger partial charge >= 0.3 is 0 Å². The van der Waals surface area contributed by atoms with Gasteiger partial charge in [-0.2, -0.15) is 0 Å². The van der Waals surface area contributed by atoms with Crippen LogP contribution in [0.1, 0.15) is 17.7 Å². The molecule has 0 aromatic carbocycles. The third-order valence-electron chi connectivity index (χ3n) is 2.13. The third-order valence-corrected chi connectivity index (χ3v) is 2.97. The van der Waals surface area contributed by atoms with Crippen LogP contribution in [-0.4, -0.2) is 12.6 Å². The van der Waals surface area contributed by atoms with E-state index in [4.69, 9.17) is 0 Å². The zero-order valence-electron chi connectivity index (χ0n) is 6.99. The second kappa shape index (κ2) is 3.87. The van der Waals surface area contributed by atoms with Crippen LogP contribution < -0.4 is 5.32 Å². The summed E-state index contributed by atoms with van der Waals surface area (Å²) >= 11 is 1.79. The van der Waals surface area contributed by atoms with Gasteiger partial charge < -0.3 is 5.32 Å². The Morgan fingerprint density at radius 3 is 3.25 bits per heavy atom. The number of nitrogens with one attached hydrogen (secondary N) is 1. The van der Waals surface area contributed by atoms with Crippen LogP contribution in [0.25, 0.3) is 6.08 Å². The van der Waals surface area contributed by atoms with Crippen LogP contribution in [0.3, 0.4) is 0 Å². The van der Waals surface area contributed by atoms with Gasteiger partial charge in [-0.25, -0.2) is 0 Å². The average molecular weight is 179 g/mol. The van der Waals surface area contributed by atoms with Crippen molar-refractivity contribution < 1.29 is 0 Å². The Morgan fingerprint density at radius 2 is 2.58 bits per heavy atom. The Balaban J connectivity index is 1.93. The molecule has 12 heavy (non-hydrogen) atoms. The van der Waals surface area contributed by atoms with Crippen LogP contribution in [0, 0.1) is 0 Å². The average Bonchev–Trinajstić information content (AvgIpc) is 2.74. The van der Waals surface area contributed by atoms with Crippen molar-refractivity contribution >= 4 is 17.4 Å². The summed E-state index contributed by atoms with van der Waals surface area (Å²) in [7, 11) is 0. The van der Waals surface area contributed by atoms with Gasteiger partial charge in [0, 0.05) is 10.9 Å². The fourth-order valence-corrected chi connectivity index (χ4v) is 2.10. The molecule has 1 N–H and O–H groups in total. The SMILES string of the molecule is C(=C\C1CCCN1)/c1cccs1. The van der Waals surface area contributed by atoms with Crippen molar-refractivity contribution in [3.8, 4) is 0 Å². The summed E-state index contributed by atoms with van der Waals surface area (Å²) in [6.07, 6.45) is 7.10. The number of thiophene rings is 1. The minimum Gasteiger partial charge on any atom is -0.311 e. The minimum absolute atomic E-state index is 0.618. The molecule has 0 bridgehead atoms. The third kappa shape index (κ3) is 1.96. The normalized spacial score (nSPS) is 23.8. The molecule has 1 aromatic rings. The first kappa shape index (κ1) is 8.02. The molecule has 0 radical (unpaired) electrons. The van der Waals surface area contributed by atoms with Crippen LogP contribution in [-0.2, 0) is 0 Å². The lowest BCUT2D eigenvalue weighted by Crippen LogP contribution is -2.17. The van der Waals surface area contributed by atoms with E-state index in [0.29, 0.717) is 6.04 Å². The molecule has 0 saturated carbocycles. The van der Waals surface area contributed by atoms with E-state index in [1.807, 2.05) is 0 Å². The smallest absolute Gasteiger partial charge is 0.0267 e. The van der Waals surface area contributed by atoms with E-state index >= 15 is 0 Å². The zero-order valence-corrected chi connectivity index (χ0v) is 7.81. The maximum absolute atomic E-state index is 3.44. The summed E-state index contributed by atoms with van der Waals surface area (Å²) < 4.78 is 0. The summed E-state index contributed by atoms with van der Waals surface area (Å²) in [5.41, 5.74) is 0. The first-order chi connectivity index (χ1) is 5.95. The van der Waals surface area contributed by atoms with Crippen molar-refractivity contribution in [2.75, 3.05) is 6.54 Å². The summed E-state index contributed by atoms with van der Waals surface area (Å²) in [6, 6.07) is 4.86. The molecule has 1 aliphatic rings. The van der Waals surface area contributed by atoms with Crippen LogP contribution in [0.15, 0.2) is 23.6 Å². The molecule has 2 heterocycles. The lowest BCUT2D eigenvalue weighted by atomic mass is 10.2. The predicted octanol–water partition coefficient (Wildman–Crippen LogP) is 2.51. The number of rotatable bonds is 2. The topological polar surface area (TPSA) is 12.0 Å². The fourth-order valence-electron chi connectivity index (χ4n) is 1.47. The molecule has 0 spiro atoms. The van der Waals surface area contributed by atoms with Crippen molar-refractivity contribution in [1.29, 1.82) is 0 Å². The van der Waals surface area contributed by atoms with Gasteiger partial charge in [0.1, 0.15) is 0 Å². The molecule has 64 valence electrons. The second-order valence-electron chi connectivity index (χ2n) is 3.08. The number of hydrogen-bond donors (Lipinski definition) is 1. The van der Waals surface area contributed by atoms with Gasteiger partial charge in [0.15, 0.2) is 0 Å². The molecule has 0 amide bonds. The summed E-state index contributed by atoms with van der Waals surface area (Å²) in [6.45, 7) is 1.18. The highest BCUT2D eigenvalue weighted by Gasteiger charge is 2.09. The van der Waals surface area contributed by atoms with Crippen molar-refractivity contribution in [3.05, 3.63) is 28.5 Å². The van der Waals surface area contributed by atoms with Gasteiger partial charge in [-0.15, -0.1) is 11.3 Å². The molecule has 1 aromatic heterocycles. The molecule has 1 saturated heterocycles. The lowest BCUT2D eigenvalue weighted by molar-refractivity contribution is 0.730. The highest BCUT2D eigenvalue weighted by molar-refractivity contribution is 7.10. The standard InChI is InChI=1S/C10H13NS/c1-3-9(11-7-1)5-6-10-4-2-8-12-10/h2,4-6,8-9,11H,1,3,7H2/b6-5+. The Kier molecular flexibility index (Phi) is 2.59. The molecular formula is C10H13NS. The maximum Gasteiger partial charge on any atom is 0.0267 e. The van der Waals surface area contributed by atoms with Gasteiger partial charge in [0.25, 0.3) is 0 Å². The molecule has 1 fully saturated rings. The van der Waals surface area contributed by atoms with E-state index in [0.717, 1.165) is 0 Å². The van der Waals surface area contributed by atoms with E-state index in [1.54, 1.807) is 11.3 Å². The van der Waals surface area contributed by atoms with E-state index in [-0.39, 0.29) is 0 Å². The fraction of sp³-hybridized carbons (Fsp3) is 0.400. The highest BCUT2D eigenvalue weighted by Crippen LogP contribution is 2.13. The van der Waals surface area contributed by atoms with E-state index in [2.05, 4.69) is 35.0 Å².